The first-order valence-electron chi connectivity index (χ1n) is 4.96. The second kappa shape index (κ2) is 4.56. The second-order valence-electron chi connectivity index (χ2n) is 3.48. The first-order chi connectivity index (χ1) is 6.90. The number of para-hydroxylation sites is 1. The molecule has 0 saturated heterocycles. The highest BCUT2D eigenvalue weighted by Crippen LogP contribution is 2.15. The number of nitrogens with one attached hydrogen (secondary N) is 1. The lowest BCUT2D eigenvalue weighted by Crippen LogP contribution is -1.86. The van der Waals surface area contributed by atoms with E-state index in [1.54, 1.807) is 0 Å². The van der Waals surface area contributed by atoms with Crippen molar-refractivity contribution in [2.24, 2.45) is 0 Å². The molecule has 2 aromatic rings. The number of aromatic nitrogens is 1. The van der Waals surface area contributed by atoms with Gasteiger partial charge in [-0.05, 0) is 42.4 Å². The third-order valence-corrected chi connectivity index (χ3v) is 3.08. The first-order valence-corrected chi connectivity index (χ1v) is 6.35. The summed E-state index contributed by atoms with van der Waals surface area (Å²) in [6, 6.07) is 10.7. The van der Waals surface area contributed by atoms with Crippen molar-refractivity contribution in [1.29, 1.82) is 0 Å². The zero-order valence-corrected chi connectivity index (χ0v) is 9.23. The van der Waals surface area contributed by atoms with Crippen molar-refractivity contribution in [1.82, 2.24) is 4.98 Å². The number of aryl methyl sites for hydroxylation is 1. The highest BCUT2D eigenvalue weighted by atomic mass is 32.2. The van der Waals surface area contributed by atoms with Crippen LogP contribution in [0, 0.1) is 0 Å². The quantitative estimate of drug-likeness (QED) is 0.756. The predicted molar refractivity (Wildman–Crippen MR) is 65.0 cm³/mol. The van der Waals surface area contributed by atoms with Gasteiger partial charge >= 0.3 is 0 Å². The second-order valence-corrected chi connectivity index (χ2v) is 4.46. The van der Waals surface area contributed by atoms with Gasteiger partial charge in [0.05, 0.1) is 0 Å². The Kier molecular flexibility index (Phi) is 3.14. The van der Waals surface area contributed by atoms with Gasteiger partial charge in [-0.2, -0.15) is 11.8 Å². The fraction of sp³-hybridized carbons (Fsp3) is 0.333. The minimum absolute atomic E-state index is 1.16. The zero-order valence-electron chi connectivity index (χ0n) is 8.42. The van der Waals surface area contributed by atoms with E-state index in [-0.39, 0.29) is 0 Å². The van der Waals surface area contributed by atoms with Gasteiger partial charge in [-0.1, -0.05) is 18.2 Å². The Morgan fingerprint density at radius 1 is 1.29 bits per heavy atom. The number of hydrogen-bond acceptors (Lipinski definition) is 1. The molecular weight excluding hydrogens is 190 g/mol. The van der Waals surface area contributed by atoms with Crippen LogP contribution in [0.2, 0.25) is 0 Å². The summed E-state index contributed by atoms with van der Waals surface area (Å²) >= 11 is 1.91. The molecule has 1 heterocycles. The molecule has 0 bridgehead atoms. The number of H-pyrrole nitrogens is 1. The summed E-state index contributed by atoms with van der Waals surface area (Å²) in [5.41, 5.74) is 2.62. The van der Waals surface area contributed by atoms with Crippen LogP contribution in [-0.4, -0.2) is 17.0 Å². The molecule has 0 fully saturated rings. The van der Waals surface area contributed by atoms with Crippen LogP contribution in [-0.2, 0) is 6.42 Å². The molecule has 2 heteroatoms. The maximum atomic E-state index is 3.45. The molecule has 2 rings (SSSR count). The maximum absolute atomic E-state index is 3.45. The minimum atomic E-state index is 1.16. The zero-order chi connectivity index (χ0) is 9.80. The van der Waals surface area contributed by atoms with Crippen molar-refractivity contribution in [2.45, 2.75) is 12.8 Å². The molecule has 74 valence electrons. The van der Waals surface area contributed by atoms with Crippen LogP contribution in [0.25, 0.3) is 10.9 Å². The average Bonchev–Trinajstić information content (AvgIpc) is 2.60. The normalized spacial score (nSPS) is 10.9. The van der Waals surface area contributed by atoms with Crippen LogP contribution in [0.15, 0.2) is 30.3 Å². The summed E-state index contributed by atoms with van der Waals surface area (Å²) in [6.45, 7) is 0. The van der Waals surface area contributed by atoms with Crippen molar-refractivity contribution in [3.05, 3.63) is 36.0 Å². The Morgan fingerprint density at radius 2 is 2.14 bits per heavy atom. The summed E-state index contributed by atoms with van der Waals surface area (Å²) in [5.74, 6) is 1.25. The topological polar surface area (TPSA) is 15.8 Å². The summed E-state index contributed by atoms with van der Waals surface area (Å²) in [6.07, 6.45) is 4.58. The van der Waals surface area contributed by atoms with Crippen LogP contribution in [0.4, 0.5) is 0 Å². The Labute approximate surface area is 88.9 Å². The summed E-state index contributed by atoms with van der Waals surface area (Å²) < 4.78 is 0. The van der Waals surface area contributed by atoms with E-state index in [0.29, 0.717) is 0 Å². The lowest BCUT2D eigenvalue weighted by atomic mass is 10.2. The van der Waals surface area contributed by atoms with Crippen molar-refractivity contribution in [3.63, 3.8) is 0 Å². The Balaban J connectivity index is 2.11. The van der Waals surface area contributed by atoms with Crippen LogP contribution in [0.3, 0.4) is 0 Å². The maximum Gasteiger partial charge on any atom is 0.0456 e. The molecule has 0 aliphatic heterocycles. The van der Waals surface area contributed by atoms with Crippen LogP contribution < -0.4 is 0 Å². The number of rotatable bonds is 4. The molecule has 0 radical (unpaired) electrons. The standard InChI is InChI=1S/C12H15NS/c1-14-8-4-6-11-9-10-5-2-3-7-12(10)13-11/h2-3,5,7,9,13H,4,6,8H2,1H3. The van der Waals surface area contributed by atoms with E-state index < -0.39 is 0 Å². The predicted octanol–water partition coefficient (Wildman–Crippen LogP) is 3.46. The number of fused-ring (bicyclic) bond motifs is 1. The van der Waals surface area contributed by atoms with Gasteiger partial charge in [-0.15, -0.1) is 0 Å². The van der Waals surface area contributed by atoms with Crippen molar-refractivity contribution < 1.29 is 0 Å². The highest BCUT2D eigenvalue weighted by molar-refractivity contribution is 7.98. The monoisotopic (exact) mass is 205 g/mol. The van der Waals surface area contributed by atoms with E-state index in [0.717, 1.165) is 6.42 Å². The van der Waals surface area contributed by atoms with E-state index in [2.05, 4.69) is 41.6 Å². The molecular formula is C12H15NS. The van der Waals surface area contributed by atoms with Gasteiger partial charge in [0.25, 0.3) is 0 Å². The molecule has 1 nitrogen and oxygen atoms in total. The number of aromatic amines is 1. The molecule has 1 N–H and O–H groups in total. The molecule has 0 amide bonds. The number of benzene rings is 1. The third-order valence-electron chi connectivity index (χ3n) is 2.38. The minimum Gasteiger partial charge on any atom is -0.358 e. The average molecular weight is 205 g/mol. The van der Waals surface area contributed by atoms with Gasteiger partial charge in [-0.3, -0.25) is 0 Å². The highest BCUT2D eigenvalue weighted by Gasteiger charge is 1.98. The Bertz CT molecular complexity index is 372. The number of hydrogen-bond donors (Lipinski definition) is 1. The lowest BCUT2D eigenvalue weighted by Gasteiger charge is -1.94. The Morgan fingerprint density at radius 3 is 2.93 bits per heavy atom. The van der Waals surface area contributed by atoms with Crippen LogP contribution in [0.5, 0.6) is 0 Å². The fourth-order valence-corrected chi connectivity index (χ4v) is 2.11. The molecule has 1 aromatic heterocycles. The van der Waals surface area contributed by atoms with Gasteiger partial charge in [0, 0.05) is 11.2 Å². The number of thioether (sulfide) groups is 1. The van der Waals surface area contributed by atoms with E-state index in [1.165, 1.54) is 28.8 Å². The Hall–Kier alpha value is -0.890. The van der Waals surface area contributed by atoms with Gasteiger partial charge in [0.15, 0.2) is 0 Å². The van der Waals surface area contributed by atoms with Crippen LogP contribution in [0.1, 0.15) is 12.1 Å². The SMILES string of the molecule is CSCCCc1cc2ccccc2[nH]1. The fourth-order valence-electron chi connectivity index (χ4n) is 1.68. The van der Waals surface area contributed by atoms with Gasteiger partial charge < -0.3 is 4.98 Å². The summed E-state index contributed by atoms with van der Waals surface area (Å²) in [5, 5.41) is 1.33. The molecule has 1 aromatic carbocycles. The summed E-state index contributed by atoms with van der Waals surface area (Å²) in [7, 11) is 0. The summed E-state index contributed by atoms with van der Waals surface area (Å²) in [4.78, 5) is 3.45. The van der Waals surface area contributed by atoms with Crippen molar-refractivity contribution in [2.75, 3.05) is 12.0 Å². The molecule has 0 atom stereocenters. The van der Waals surface area contributed by atoms with Crippen molar-refractivity contribution >= 4 is 22.7 Å². The van der Waals surface area contributed by atoms with Crippen molar-refractivity contribution in [3.8, 4) is 0 Å². The molecule has 0 spiro atoms. The lowest BCUT2D eigenvalue weighted by molar-refractivity contribution is 0.907. The van der Waals surface area contributed by atoms with E-state index in [1.807, 2.05) is 11.8 Å². The molecule has 14 heavy (non-hydrogen) atoms. The smallest absolute Gasteiger partial charge is 0.0456 e. The van der Waals surface area contributed by atoms with Gasteiger partial charge in [-0.25, -0.2) is 0 Å². The first kappa shape index (κ1) is 9.66. The van der Waals surface area contributed by atoms with E-state index in [9.17, 15) is 0 Å². The molecule has 0 saturated carbocycles. The van der Waals surface area contributed by atoms with Crippen LogP contribution >= 0.6 is 11.8 Å². The van der Waals surface area contributed by atoms with Gasteiger partial charge in [0.2, 0.25) is 0 Å². The van der Waals surface area contributed by atoms with Gasteiger partial charge in [0.1, 0.15) is 0 Å². The third kappa shape index (κ3) is 2.13. The molecule has 0 unspecified atom stereocenters. The molecule has 0 aliphatic rings. The van der Waals surface area contributed by atoms with E-state index >= 15 is 0 Å². The van der Waals surface area contributed by atoms with E-state index in [4.69, 9.17) is 0 Å². The molecule has 0 aliphatic carbocycles. The largest absolute Gasteiger partial charge is 0.358 e.